The number of hydrogen-bond donors (Lipinski definition) is 0. The van der Waals surface area contributed by atoms with Gasteiger partial charge in [0.1, 0.15) is 5.56 Å². The van der Waals surface area contributed by atoms with Crippen molar-refractivity contribution in [1.29, 1.82) is 0 Å². The molecular weight excluding hydrogens is 290 g/mol. The first-order valence-corrected chi connectivity index (χ1v) is 6.97. The third-order valence-corrected chi connectivity index (χ3v) is 2.92. The van der Waals surface area contributed by atoms with E-state index < -0.39 is 10.2 Å². The molecule has 0 atom stereocenters. The number of nitro benzene ring substituents is 1. The van der Waals surface area contributed by atoms with Gasteiger partial charge in [0.15, 0.2) is 0 Å². The summed E-state index contributed by atoms with van der Waals surface area (Å²) < 4.78 is 0. The van der Waals surface area contributed by atoms with Gasteiger partial charge >= 0.3 is 0 Å². The van der Waals surface area contributed by atoms with Crippen LogP contribution >= 0.6 is 11.6 Å². The summed E-state index contributed by atoms with van der Waals surface area (Å²) in [6, 6.07) is 14.0. The molecule has 4 nitrogen and oxygen atoms in total. The Kier molecular flexibility index (Phi) is 6.56. The average Bonchev–Trinajstić information content (AvgIpc) is 2.50. The molecule has 2 rings (SSSR count). The smallest absolute Gasteiger partial charge is 0.275 e. The van der Waals surface area contributed by atoms with Gasteiger partial charge in [0, 0.05) is 6.07 Å². The first-order valence-electron chi connectivity index (χ1n) is 6.59. The van der Waals surface area contributed by atoms with Crippen molar-refractivity contribution in [1.82, 2.24) is 0 Å². The van der Waals surface area contributed by atoms with Crippen molar-refractivity contribution < 1.29 is 9.72 Å². The zero-order valence-corrected chi connectivity index (χ0v) is 12.6. The Morgan fingerprint density at radius 3 is 2.24 bits per heavy atom. The number of rotatable bonds is 4. The van der Waals surface area contributed by atoms with Crippen LogP contribution in [0.5, 0.6) is 0 Å². The molecule has 0 aliphatic carbocycles. The number of carbonyl (C=O) groups is 1. The highest BCUT2D eigenvalue weighted by molar-refractivity contribution is 6.68. The van der Waals surface area contributed by atoms with Gasteiger partial charge in [-0.3, -0.25) is 14.9 Å². The summed E-state index contributed by atoms with van der Waals surface area (Å²) in [5.74, 6) is 0. The standard InChI is InChI=1S/C14H10ClNO3.C2H6/c15-14(17)12-9-11(6-7-13(12)16(18)19)8-10-4-2-1-3-5-10;1-2/h1-7,9H,8H2;1-2H3. The van der Waals surface area contributed by atoms with E-state index in [4.69, 9.17) is 11.6 Å². The fourth-order valence-corrected chi connectivity index (χ4v) is 1.99. The summed E-state index contributed by atoms with van der Waals surface area (Å²) in [4.78, 5) is 21.4. The molecule has 0 amide bonds. The maximum Gasteiger partial charge on any atom is 0.281 e. The molecule has 110 valence electrons. The summed E-state index contributed by atoms with van der Waals surface area (Å²) in [5, 5.41) is 9.97. The first-order chi connectivity index (χ1) is 10.1. The number of nitro groups is 1. The first kappa shape index (κ1) is 16.9. The minimum atomic E-state index is -0.818. The molecule has 21 heavy (non-hydrogen) atoms. The molecule has 2 aromatic rings. The van der Waals surface area contributed by atoms with Gasteiger partial charge in [-0.2, -0.15) is 0 Å². The lowest BCUT2D eigenvalue weighted by Crippen LogP contribution is -2.00. The molecule has 0 aliphatic rings. The van der Waals surface area contributed by atoms with Crippen LogP contribution in [-0.4, -0.2) is 10.2 Å². The third kappa shape index (κ3) is 4.68. The molecular formula is C16H16ClNO3. The molecule has 0 N–H and O–H groups in total. The zero-order valence-electron chi connectivity index (χ0n) is 11.9. The molecule has 0 aliphatic heterocycles. The topological polar surface area (TPSA) is 60.2 Å². The van der Waals surface area contributed by atoms with Crippen LogP contribution in [0.4, 0.5) is 5.69 Å². The molecule has 0 bridgehead atoms. The van der Waals surface area contributed by atoms with Crippen molar-refractivity contribution in [3.63, 3.8) is 0 Å². The number of benzene rings is 2. The molecule has 0 radical (unpaired) electrons. The van der Waals surface area contributed by atoms with E-state index in [9.17, 15) is 14.9 Å². The van der Waals surface area contributed by atoms with E-state index in [2.05, 4.69) is 0 Å². The predicted octanol–water partition coefficient (Wildman–Crippen LogP) is 4.59. The molecule has 5 heteroatoms. The summed E-state index contributed by atoms with van der Waals surface area (Å²) in [6.07, 6.45) is 0.593. The Labute approximate surface area is 128 Å². The molecule has 0 saturated heterocycles. The van der Waals surface area contributed by atoms with E-state index in [1.54, 1.807) is 6.07 Å². The largest absolute Gasteiger partial charge is 0.281 e. The quantitative estimate of drug-likeness (QED) is 0.471. The van der Waals surface area contributed by atoms with Gasteiger partial charge in [-0.25, -0.2) is 0 Å². The Bertz CT molecular complexity index is 627. The lowest BCUT2D eigenvalue weighted by molar-refractivity contribution is -0.385. The highest BCUT2D eigenvalue weighted by Crippen LogP contribution is 2.23. The van der Waals surface area contributed by atoms with Crippen molar-refractivity contribution in [2.24, 2.45) is 0 Å². The van der Waals surface area contributed by atoms with E-state index >= 15 is 0 Å². The van der Waals surface area contributed by atoms with Gasteiger partial charge in [-0.05, 0) is 35.2 Å². The van der Waals surface area contributed by atoms with Gasteiger partial charge in [0.05, 0.1) is 4.92 Å². The number of carbonyl (C=O) groups excluding carboxylic acids is 1. The van der Waals surface area contributed by atoms with Crippen molar-refractivity contribution >= 4 is 22.5 Å². The highest BCUT2D eigenvalue weighted by Gasteiger charge is 2.18. The van der Waals surface area contributed by atoms with Crippen LogP contribution in [0.2, 0.25) is 0 Å². The van der Waals surface area contributed by atoms with E-state index in [-0.39, 0.29) is 11.3 Å². The second-order valence-electron chi connectivity index (χ2n) is 4.04. The van der Waals surface area contributed by atoms with Gasteiger partial charge in [-0.1, -0.05) is 50.2 Å². The summed E-state index contributed by atoms with van der Waals surface area (Å²) in [5.41, 5.74) is 1.53. The minimum absolute atomic E-state index is 0.0694. The van der Waals surface area contributed by atoms with E-state index in [1.165, 1.54) is 12.1 Å². The zero-order chi connectivity index (χ0) is 15.8. The van der Waals surface area contributed by atoms with Gasteiger partial charge in [-0.15, -0.1) is 0 Å². The average molecular weight is 306 g/mol. The third-order valence-electron chi connectivity index (χ3n) is 2.72. The number of hydrogen-bond acceptors (Lipinski definition) is 3. The molecule has 0 fully saturated rings. The molecule has 0 saturated carbocycles. The van der Waals surface area contributed by atoms with Crippen LogP contribution in [0.3, 0.4) is 0 Å². The predicted molar refractivity (Wildman–Crippen MR) is 83.9 cm³/mol. The molecule has 0 unspecified atom stereocenters. The fourth-order valence-electron chi connectivity index (χ4n) is 1.84. The lowest BCUT2D eigenvalue weighted by atomic mass is 10.0. The van der Waals surface area contributed by atoms with E-state index in [1.807, 2.05) is 44.2 Å². The fraction of sp³-hybridized carbons (Fsp3) is 0.188. The molecule has 0 heterocycles. The summed E-state index contributed by atoms with van der Waals surface area (Å²) in [6.45, 7) is 4.00. The minimum Gasteiger partial charge on any atom is -0.275 e. The SMILES string of the molecule is CC.O=C(Cl)c1cc(Cc2ccccc2)ccc1[N+](=O)[O-]. The Hall–Kier alpha value is -2.20. The van der Waals surface area contributed by atoms with Crippen LogP contribution in [0.25, 0.3) is 0 Å². The molecule has 0 aromatic heterocycles. The highest BCUT2D eigenvalue weighted by atomic mass is 35.5. The Morgan fingerprint density at radius 2 is 1.71 bits per heavy atom. The van der Waals surface area contributed by atoms with Crippen molar-refractivity contribution in [3.05, 3.63) is 75.3 Å². The van der Waals surface area contributed by atoms with Gasteiger partial charge < -0.3 is 0 Å². The van der Waals surface area contributed by atoms with E-state index in [0.29, 0.717) is 6.42 Å². The van der Waals surface area contributed by atoms with Crippen LogP contribution in [0.15, 0.2) is 48.5 Å². The second-order valence-corrected chi connectivity index (χ2v) is 4.39. The van der Waals surface area contributed by atoms with Crippen LogP contribution in [0, 0.1) is 10.1 Å². The Morgan fingerprint density at radius 1 is 1.10 bits per heavy atom. The summed E-state index contributed by atoms with van der Waals surface area (Å²) in [7, 11) is 0. The maximum atomic E-state index is 11.2. The van der Waals surface area contributed by atoms with Gasteiger partial charge in [0.2, 0.25) is 0 Å². The Balaban J connectivity index is 0.00000106. The second kappa shape index (κ2) is 8.17. The van der Waals surface area contributed by atoms with Crippen LogP contribution < -0.4 is 0 Å². The van der Waals surface area contributed by atoms with Crippen LogP contribution in [0.1, 0.15) is 35.3 Å². The monoisotopic (exact) mass is 305 g/mol. The van der Waals surface area contributed by atoms with Crippen molar-refractivity contribution in [3.8, 4) is 0 Å². The lowest BCUT2D eigenvalue weighted by Gasteiger charge is -2.04. The van der Waals surface area contributed by atoms with Crippen molar-refractivity contribution in [2.45, 2.75) is 20.3 Å². The van der Waals surface area contributed by atoms with Crippen molar-refractivity contribution in [2.75, 3.05) is 0 Å². The maximum absolute atomic E-state index is 11.2. The number of halogens is 1. The van der Waals surface area contributed by atoms with Gasteiger partial charge in [0.25, 0.3) is 10.9 Å². The molecule has 0 spiro atoms. The summed E-state index contributed by atoms with van der Waals surface area (Å²) >= 11 is 5.38. The normalized spacial score (nSPS) is 9.48. The van der Waals surface area contributed by atoms with E-state index in [0.717, 1.165) is 11.1 Å². The number of nitrogens with zero attached hydrogens (tertiary/aromatic N) is 1. The molecule has 2 aromatic carbocycles. The van der Waals surface area contributed by atoms with Crippen LogP contribution in [-0.2, 0) is 6.42 Å².